The van der Waals surface area contributed by atoms with Crippen molar-refractivity contribution in [3.05, 3.63) is 0 Å². The summed E-state index contributed by atoms with van der Waals surface area (Å²) in [6, 6.07) is 0.785. The summed E-state index contributed by atoms with van der Waals surface area (Å²) < 4.78 is 0. The molecule has 1 aliphatic carbocycles. The fourth-order valence-electron chi connectivity index (χ4n) is 3.14. The minimum atomic E-state index is 0. The van der Waals surface area contributed by atoms with Gasteiger partial charge in [0.05, 0.1) is 0 Å². The van der Waals surface area contributed by atoms with Crippen molar-refractivity contribution in [2.45, 2.75) is 51.0 Å². The molecule has 16 heavy (non-hydrogen) atoms. The first-order valence-corrected chi connectivity index (χ1v) is 6.78. The Morgan fingerprint density at radius 2 is 1.62 bits per heavy atom. The number of nitrogens with zero attached hydrogens (tertiary/aromatic N) is 1. The molecule has 0 unspecified atom stereocenters. The molecule has 96 valence electrons. The van der Waals surface area contributed by atoms with Crippen molar-refractivity contribution in [1.82, 2.24) is 10.2 Å². The van der Waals surface area contributed by atoms with Crippen molar-refractivity contribution in [3.8, 4) is 0 Å². The zero-order valence-corrected chi connectivity index (χ0v) is 11.4. The number of likely N-dealkylation sites (tertiary alicyclic amines) is 1. The predicted molar refractivity (Wildman–Crippen MR) is 72.3 cm³/mol. The lowest BCUT2D eigenvalue weighted by molar-refractivity contribution is 0.158. The van der Waals surface area contributed by atoms with Gasteiger partial charge in [0, 0.05) is 12.6 Å². The van der Waals surface area contributed by atoms with Crippen LogP contribution in [0.25, 0.3) is 0 Å². The molecule has 2 fully saturated rings. The summed E-state index contributed by atoms with van der Waals surface area (Å²) in [5, 5.41) is 3.40. The summed E-state index contributed by atoms with van der Waals surface area (Å²) in [6.45, 7) is 4.03. The Morgan fingerprint density at radius 3 is 2.19 bits per heavy atom. The van der Waals surface area contributed by atoms with Gasteiger partial charge >= 0.3 is 0 Å². The second kappa shape index (κ2) is 7.52. The summed E-state index contributed by atoms with van der Waals surface area (Å²) in [4.78, 5) is 2.70. The van der Waals surface area contributed by atoms with Crippen LogP contribution in [0.15, 0.2) is 0 Å². The number of hydrogen-bond donors (Lipinski definition) is 1. The van der Waals surface area contributed by atoms with Crippen LogP contribution >= 0.6 is 12.4 Å². The lowest BCUT2D eigenvalue weighted by Gasteiger charge is -2.35. The number of rotatable bonds is 3. The average molecular weight is 247 g/mol. The Morgan fingerprint density at radius 1 is 1.00 bits per heavy atom. The molecule has 0 amide bonds. The van der Waals surface area contributed by atoms with Crippen LogP contribution in [0.4, 0.5) is 0 Å². The van der Waals surface area contributed by atoms with Crippen molar-refractivity contribution in [3.63, 3.8) is 0 Å². The van der Waals surface area contributed by atoms with Gasteiger partial charge in [-0.25, -0.2) is 0 Å². The third-order valence-corrected chi connectivity index (χ3v) is 4.24. The standard InChI is InChI=1S/C13H26N2.ClH/c1-14-13-7-9-15(10-8-13)11-12-5-3-2-4-6-12;/h12-14H,2-11H2,1H3;1H. The number of hydrogen-bond acceptors (Lipinski definition) is 2. The van der Waals surface area contributed by atoms with Crippen LogP contribution in [0.5, 0.6) is 0 Å². The Hall–Kier alpha value is 0.210. The summed E-state index contributed by atoms with van der Waals surface area (Å²) in [6.07, 6.45) is 10.1. The summed E-state index contributed by atoms with van der Waals surface area (Å²) in [5.41, 5.74) is 0. The minimum Gasteiger partial charge on any atom is -0.317 e. The van der Waals surface area contributed by atoms with E-state index in [1.807, 2.05) is 0 Å². The molecule has 0 aromatic rings. The second-order valence-electron chi connectivity index (χ2n) is 5.37. The van der Waals surface area contributed by atoms with Crippen LogP contribution < -0.4 is 5.32 Å². The van der Waals surface area contributed by atoms with Gasteiger partial charge in [0.15, 0.2) is 0 Å². The third kappa shape index (κ3) is 4.23. The highest BCUT2D eigenvalue weighted by Gasteiger charge is 2.21. The van der Waals surface area contributed by atoms with E-state index in [1.165, 1.54) is 64.6 Å². The topological polar surface area (TPSA) is 15.3 Å². The maximum absolute atomic E-state index is 3.40. The Labute approximate surface area is 107 Å². The molecule has 1 heterocycles. The monoisotopic (exact) mass is 246 g/mol. The largest absolute Gasteiger partial charge is 0.317 e. The first-order valence-electron chi connectivity index (χ1n) is 6.78. The minimum absolute atomic E-state index is 0. The zero-order valence-electron chi connectivity index (χ0n) is 10.6. The van der Waals surface area contributed by atoms with Gasteiger partial charge in [0.25, 0.3) is 0 Å². The van der Waals surface area contributed by atoms with E-state index in [9.17, 15) is 0 Å². The molecule has 0 aromatic carbocycles. The maximum atomic E-state index is 3.40. The summed E-state index contributed by atoms with van der Waals surface area (Å²) in [7, 11) is 2.10. The summed E-state index contributed by atoms with van der Waals surface area (Å²) in [5.74, 6) is 1.02. The van der Waals surface area contributed by atoms with Gasteiger partial charge in [0.1, 0.15) is 0 Å². The van der Waals surface area contributed by atoms with E-state index in [0.29, 0.717) is 0 Å². The quantitative estimate of drug-likeness (QED) is 0.824. The van der Waals surface area contributed by atoms with E-state index >= 15 is 0 Å². The van der Waals surface area contributed by atoms with Crippen molar-refractivity contribution < 1.29 is 0 Å². The molecule has 0 atom stereocenters. The third-order valence-electron chi connectivity index (χ3n) is 4.24. The number of nitrogens with one attached hydrogen (secondary N) is 1. The van der Waals surface area contributed by atoms with Crippen LogP contribution in [0.1, 0.15) is 44.9 Å². The van der Waals surface area contributed by atoms with Gasteiger partial charge in [-0.1, -0.05) is 19.3 Å². The first-order chi connectivity index (χ1) is 7.38. The van der Waals surface area contributed by atoms with E-state index < -0.39 is 0 Å². The molecule has 1 N–H and O–H groups in total. The van der Waals surface area contributed by atoms with E-state index in [2.05, 4.69) is 17.3 Å². The van der Waals surface area contributed by atoms with E-state index in [0.717, 1.165) is 12.0 Å². The highest BCUT2D eigenvalue weighted by molar-refractivity contribution is 5.85. The van der Waals surface area contributed by atoms with E-state index in [-0.39, 0.29) is 12.4 Å². The molecule has 0 spiro atoms. The van der Waals surface area contributed by atoms with Crippen molar-refractivity contribution in [2.75, 3.05) is 26.7 Å². The molecule has 1 saturated carbocycles. The molecule has 2 aliphatic rings. The van der Waals surface area contributed by atoms with E-state index in [4.69, 9.17) is 0 Å². The summed E-state index contributed by atoms with van der Waals surface area (Å²) >= 11 is 0. The normalized spacial score (nSPS) is 25.3. The molecule has 2 rings (SSSR count). The highest BCUT2D eigenvalue weighted by Crippen LogP contribution is 2.25. The number of halogens is 1. The number of piperidine rings is 1. The smallest absolute Gasteiger partial charge is 0.00884 e. The van der Waals surface area contributed by atoms with Gasteiger partial charge in [-0.2, -0.15) is 0 Å². The lowest BCUT2D eigenvalue weighted by atomic mass is 9.88. The van der Waals surface area contributed by atoms with Crippen LogP contribution in [-0.2, 0) is 0 Å². The zero-order chi connectivity index (χ0) is 10.5. The molecule has 2 nitrogen and oxygen atoms in total. The first kappa shape index (κ1) is 14.3. The fourth-order valence-corrected chi connectivity index (χ4v) is 3.14. The Balaban J connectivity index is 0.00000128. The van der Waals surface area contributed by atoms with Crippen molar-refractivity contribution in [2.24, 2.45) is 5.92 Å². The molecule has 0 radical (unpaired) electrons. The van der Waals surface area contributed by atoms with E-state index in [1.54, 1.807) is 0 Å². The Bertz CT molecular complexity index is 173. The average Bonchev–Trinajstić information content (AvgIpc) is 2.31. The van der Waals surface area contributed by atoms with Crippen LogP contribution in [-0.4, -0.2) is 37.6 Å². The molecule has 1 saturated heterocycles. The van der Waals surface area contributed by atoms with Gasteiger partial charge in [-0.05, 0) is 51.7 Å². The SMILES string of the molecule is CNC1CCN(CC2CCCCC2)CC1.Cl. The molecular formula is C13H27ClN2. The molecule has 3 heteroatoms. The second-order valence-corrected chi connectivity index (χ2v) is 5.37. The van der Waals surface area contributed by atoms with Crippen LogP contribution in [0, 0.1) is 5.92 Å². The Kier molecular flexibility index (Phi) is 6.71. The molecular weight excluding hydrogens is 220 g/mol. The van der Waals surface area contributed by atoms with Gasteiger partial charge < -0.3 is 10.2 Å². The molecule has 0 aromatic heterocycles. The van der Waals surface area contributed by atoms with Crippen molar-refractivity contribution in [1.29, 1.82) is 0 Å². The van der Waals surface area contributed by atoms with Crippen LogP contribution in [0.2, 0.25) is 0 Å². The predicted octanol–water partition coefficient (Wildman–Crippen LogP) is 2.67. The van der Waals surface area contributed by atoms with Gasteiger partial charge in [-0.3, -0.25) is 0 Å². The van der Waals surface area contributed by atoms with Gasteiger partial charge in [0.2, 0.25) is 0 Å². The highest BCUT2D eigenvalue weighted by atomic mass is 35.5. The maximum Gasteiger partial charge on any atom is 0.00884 e. The molecule has 1 aliphatic heterocycles. The van der Waals surface area contributed by atoms with Crippen LogP contribution in [0.3, 0.4) is 0 Å². The van der Waals surface area contributed by atoms with Crippen molar-refractivity contribution >= 4 is 12.4 Å². The lowest BCUT2D eigenvalue weighted by Crippen LogP contribution is -2.43. The van der Waals surface area contributed by atoms with Gasteiger partial charge in [-0.15, -0.1) is 12.4 Å². The molecule has 0 bridgehead atoms. The fraction of sp³-hybridized carbons (Fsp3) is 1.00.